The molecule has 0 heterocycles. The van der Waals surface area contributed by atoms with E-state index in [4.69, 9.17) is 18.0 Å². The summed E-state index contributed by atoms with van der Waals surface area (Å²) in [6, 6.07) is 0.854. The van der Waals surface area contributed by atoms with E-state index in [9.17, 15) is 0 Å². The molecule has 14 heavy (non-hydrogen) atoms. The van der Waals surface area contributed by atoms with E-state index in [2.05, 4.69) is 11.8 Å². The van der Waals surface area contributed by atoms with Crippen molar-refractivity contribution in [2.75, 3.05) is 13.1 Å². The van der Waals surface area contributed by atoms with E-state index in [-0.39, 0.29) is 0 Å². The third-order valence-corrected chi connectivity index (χ3v) is 3.65. The molecule has 1 unspecified atom stereocenters. The number of hydrogen-bond acceptors (Lipinski definition) is 2. The molecule has 0 saturated heterocycles. The van der Waals surface area contributed by atoms with Crippen molar-refractivity contribution in [2.24, 2.45) is 17.6 Å². The molecule has 0 amide bonds. The van der Waals surface area contributed by atoms with Crippen LogP contribution in [0.25, 0.3) is 0 Å². The Labute approximate surface area is 91.8 Å². The van der Waals surface area contributed by atoms with Gasteiger partial charge in [0.2, 0.25) is 0 Å². The zero-order chi connectivity index (χ0) is 10.1. The van der Waals surface area contributed by atoms with Crippen LogP contribution in [-0.4, -0.2) is 29.0 Å². The van der Waals surface area contributed by atoms with Crippen LogP contribution in [0.5, 0.6) is 0 Å². The van der Waals surface area contributed by atoms with Crippen molar-refractivity contribution >= 4 is 17.2 Å². The lowest BCUT2D eigenvalue weighted by Crippen LogP contribution is -2.36. The highest BCUT2D eigenvalue weighted by Gasteiger charge is 2.34. The molecular weight excluding hydrogens is 192 g/mol. The van der Waals surface area contributed by atoms with Crippen molar-refractivity contribution in [1.29, 1.82) is 0 Å². The van der Waals surface area contributed by atoms with Crippen molar-refractivity contribution < 1.29 is 0 Å². The minimum absolute atomic E-state index is 0.379. The number of nitrogens with zero attached hydrogens (tertiary/aromatic N) is 1. The molecule has 2 N–H and O–H groups in total. The quantitative estimate of drug-likeness (QED) is 0.681. The van der Waals surface area contributed by atoms with Crippen LogP contribution in [0.3, 0.4) is 0 Å². The predicted molar refractivity (Wildman–Crippen MR) is 63.3 cm³/mol. The van der Waals surface area contributed by atoms with Crippen LogP contribution in [0.2, 0.25) is 0 Å². The van der Waals surface area contributed by atoms with Crippen LogP contribution < -0.4 is 5.73 Å². The SMILES string of the molecule is CC(CN(CC1CC1)C1CC1)C(N)=S. The van der Waals surface area contributed by atoms with Crippen LogP contribution >= 0.6 is 12.2 Å². The second-order valence-corrected chi connectivity index (χ2v) is 5.40. The van der Waals surface area contributed by atoms with Gasteiger partial charge in [0.15, 0.2) is 0 Å². The fraction of sp³-hybridized carbons (Fsp3) is 0.909. The van der Waals surface area contributed by atoms with E-state index >= 15 is 0 Å². The molecule has 2 rings (SSSR count). The molecular formula is C11H20N2S. The molecule has 2 nitrogen and oxygen atoms in total. The average molecular weight is 212 g/mol. The largest absolute Gasteiger partial charge is 0.393 e. The van der Waals surface area contributed by atoms with E-state index in [0.717, 1.165) is 18.5 Å². The Morgan fingerprint density at radius 1 is 1.43 bits per heavy atom. The van der Waals surface area contributed by atoms with Crippen molar-refractivity contribution in [3.05, 3.63) is 0 Å². The Kier molecular flexibility index (Phi) is 3.07. The van der Waals surface area contributed by atoms with Gasteiger partial charge in [-0.15, -0.1) is 0 Å². The second-order valence-electron chi connectivity index (χ2n) is 4.93. The summed E-state index contributed by atoms with van der Waals surface area (Å²) < 4.78 is 0. The number of rotatable bonds is 6. The Morgan fingerprint density at radius 2 is 2.07 bits per heavy atom. The van der Waals surface area contributed by atoms with Gasteiger partial charge in [0, 0.05) is 25.0 Å². The highest BCUT2D eigenvalue weighted by Crippen LogP contribution is 2.35. The molecule has 0 radical (unpaired) electrons. The summed E-state index contributed by atoms with van der Waals surface area (Å²) in [6.45, 7) is 4.51. The molecule has 0 aliphatic heterocycles. The smallest absolute Gasteiger partial charge is 0.0768 e. The van der Waals surface area contributed by atoms with Crippen LogP contribution in [0.15, 0.2) is 0 Å². The van der Waals surface area contributed by atoms with Crippen molar-refractivity contribution in [1.82, 2.24) is 4.90 Å². The predicted octanol–water partition coefficient (Wildman–Crippen LogP) is 1.78. The molecule has 2 saturated carbocycles. The highest BCUT2D eigenvalue weighted by molar-refractivity contribution is 7.80. The minimum atomic E-state index is 0.379. The highest BCUT2D eigenvalue weighted by atomic mass is 32.1. The maximum atomic E-state index is 5.66. The normalized spacial score (nSPS) is 23.9. The lowest BCUT2D eigenvalue weighted by molar-refractivity contribution is 0.239. The fourth-order valence-electron chi connectivity index (χ4n) is 1.89. The molecule has 0 aromatic rings. The van der Waals surface area contributed by atoms with Crippen LogP contribution in [0.4, 0.5) is 0 Å². The van der Waals surface area contributed by atoms with Crippen LogP contribution in [-0.2, 0) is 0 Å². The summed E-state index contributed by atoms with van der Waals surface area (Å²) in [5.74, 6) is 1.36. The first-order chi connectivity index (χ1) is 6.66. The van der Waals surface area contributed by atoms with Crippen molar-refractivity contribution in [2.45, 2.75) is 38.6 Å². The van der Waals surface area contributed by atoms with Gasteiger partial charge in [-0.2, -0.15) is 0 Å². The lowest BCUT2D eigenvalue weighted by Gasteiger charge is -2.24. The molecule has 0 bridgehead atoms. The van der Waals surface area contributed by atoms with Crippen LogP contribution in [0, 0.1) is 11.8 Å². The van der Waals surface area contributed by atoms with E-state index in [0.29, 0.717) is 10.9 Å². The van der Waals surface area contributed by atoms with Crippen molar-refractivity contribution in [3.8, 4) is 0 Å². The zero-order valence-electron chi connectivity index (χ0n) is 8.91. The average Bonchev–Trinajstić information content (AvgIpc) is 2.98. The van der Waals surface area contributed by atoms with E-state index in [1.807, 2.05) is 0 Å². The van der Waals surface area contributed by atoms with Gasteiger partial charge in [-0.3, -0.25) is 4.90 Å². The molecule has 3 heteroatoms. The number of nitrogens with two attached hydrogens (primary N) is 1. The van der Waals surface area contributed by atoms with Gasteiger partial charge < -0.3 is 5.73 Å². The topological polar surface area (TPSA) is 29.3 Å². The van der Waals surface area contributed by atoms with Crippen molar-refractivity contribution in [3.63, 3.8) is 0 Å². The van der Waals surface area contributed by atoms with Gasteiger partial charge in [-0.05, 0) is 31.6 Å². The molecule has 0 aromatic heterocycles. The third-order valence-electron chi connectivity index (χ3n) is 3.25. The third kappa shape index (κ3) is 2.92. The summed E-state index contributed by atoms with van der Waals surface area (Å²) in [6.07, 6.45) is 5.64. The second kappa shape index (κ2) is 4.15. The molecule has 2 aliphatic carbocycles. The minimum Gasteiger partial charge on any atom is -0.393 e. The molecule has 2 fully saturated rings. The molecule has 80 valence electrons. The Morgan fingerprint density at radius 3 is 2.50 bits per heavy atom. The maximum Gasteiger partial charge on any atom is 0.0768 e. The number of thiocarbonyl (C=S) groups is 1. The maximum absolute atomic E-state index is 5.66. The van der Waals surface area contributed by atoms with E-state index < -0.39 is 0 Å². The first-order valence-corrected chi connectivity index (χ1v) is 6.11. The first kappa shape index (κ1) is 10.4. The van der Waals surface area contributed by atoms with E-state index in [1.54, 1.807) is 0 Å². The zero-order valence-corrected chi connectivity index (χ0v) is 9.72. The lowest BCUT2D eigenvalue weighted by atomic mass is 10.1. The van der Waals surface area contributed by atoms with Gasteiger partial charge in [-0.1, -0.05) is 19.1 Å². The summed E-state index contributed by atoms with van der Waals surface area (Å²) in [7, 11) is 0. The Hall–Kier alpha value is -0.150. The summed E-state index contributed by atoms with van der Waals surface area (Å²) in [4.78, 5) is 3.29. The fourth-order valence-corrected chi connectivity index (χ4v) is 1.96. The van der Waals surface area contributed by atoms with Gasteiger partial charge in [-0.25, -0.2) is 0 Å². The van der Waals surface area contributed by atoms with Gasteiger partial charge in [0.25, 0.3) is 0 Å². The first-order valence-electron chi connectivity index (χ1n) is 5.70. The van der Waals surface area contributed by atoms with Gasteiger partial charge in [0.1, 0.15) is 0 Å². The number of hydrogen-bond donors (Lipinski definition) is 1. The summed E-state index contributed by atoms with van der Waals surface area (Å²) in [5.41, 5.74) is 5.66. The molecule has 0 spiro atoms. The molecule has 0 aromatic carbocycles. The monoisotopic (exact) mass is 212 g/mol. The van der Waals surface area contributed by atoms with Gasteiger partial charge >= 0.3 is 0 Å². The molecule has 2 aliphatic rings. The standard InChI is InChI=1S/C11H20N2S/c1-8(11(12)14)6-13(10-4-5-10)7-9-2-3-9/h8-10H,2-7H2,1H3,(H2,12,14). The van der Waals surface area contributed by atoms with E-state index in [1.165, 1.54) is 32.2 Å². The van der Waals surface area contributed by atoms with Gasteiger partial charge in [0.05, 0.1) is 4.99 Å². The summed E-state index contributed by atoms with van der Waals surface area (Å²) in [5, 5.41) is 0. The Balaban J connectivity index is 1.79. The summed E-state index contributed by atoms with van der Waals surface area (Å²) >= 11 is 5.02. The van der Waals surface area contributed by atoms with Crippen LogP contribution in [0.1, 0.15) is 32.6 Å². The molecule has 1 atom stereocenters. The Bertz CT molecular complexity index is 221.